The van der Waals surface area contributed by atoms with Crippen LogP contribution >= 0.6 is 0 Å². The number of aliphatic imine (C=N–C) groups is 1. The fourth-order valence-corrected chi connectivity index (χ4v) is 4.13. The first-order valence-electron chi connectivity index (χ1n) is 9.78. The van der Waals surface area contributed by atoms with Crippen molar-refractivity contribution in [2.24, 2.45) is 10.9 Å². The summed E-state index contributed by atoms with van der Waals surface area (Å²) >= 11 is 0. The van der Waals surface area contributed by atoms with Crippen molar-refractivity contribution in [2.45, 2.75) is 65.5 Å². The lowest BCUT2D eigenvalue weighted by Gasteiger charge is -2.49. The van der Waals surface area contributed by atoms with E-state index in [-0.39, 0.29) is 17.5 Å². The molecule has 2 aliphatic rings. The van der Waals surface area contributed by atoms with Crippen LogP contribution in [-0.4, -0.2) is 72.6 Å². The number of nitrogens with zero attached hydrogens (tertiary/aromatic N) is 3. The number of rotatable bonds is 5. The first kappa shape index (κ1) is 20.0. The molecule has 0 unspecified atom stereocenters. The molecule has 0 radical (unpaired) electrons. The van der Waals surface area contributed by atoms with Crippen LogP contribution in [0.15, 0.2) is 4.99 Å². The predicted molar refractivity (Wildman–Crippen MR) is 102 cm³/mol. The summed E-state index contributed by atoms with van der Waals surface area (Å²) in [5, 5.41) is 3.37. The molecule has 2 aliphatic heterocycles. The van der Waals surface area contributed by atoms with Crippen LogP contribution in [0, 0.1) is 5.92 Å². The van der Waals surface area contributed by atoms with E-state index >= 15 is 0 Å². The Balaban J connectivity index is 2.01. The maximum Gasteiger partial charge on any atom is 0.242 e. The van der Waals surface area contributed by atoms with Crippen LogP contribution in [0.5, 0.6) is 0 Å². The van der Waals surface area contributed by atoms with E-state index in [1.54, 1.807) is 0 Å². The van der Waals surface area contributed by atoms with Crippen molar-refractivity contribution >= 4 is 11.9 Å². The van der Waals surface area contributed by atoms with Gasteiger partial charge < -0.3 is 19.9 Å². The van der Waals surface area contributed by atoms with Gasteiger partial charge in [-0.3, -0.25) is 9.79 Å². The smallest absolute Gasteiger partial charge is 0.242 e. The van der Waals surface area contributed by atoms with Crippen LogP contribution in [-0.2, 0) is 9.53 Å². The van der Waals surface area contributed by atoms with Gasteiger partial charge >= 0.3 is 0 Å². The van der Waals surface area contributed by atoms with Crippen LogP contribution in [0.25, 0.3) is 0 Å². The summed E-state index contributed by atoms with van der Waals surface area (Å²) in [6.07, 6.45) is 3.39. The van der Waals surface area contributed by atoms with Gasteiger partial charge in [0.1, 0.15) is 0 Å². The number of amides is 1. The molecule has 2 heterocycles. The van der Waals surface area contributed by atoms with Gasteiger partial charge in [-0.2, -0.15) is 0 Å². The Bertz CT molecular complexity index is 470. The zero-order valence-electron chi connectivity index (χ0n) is 16.7. The lowest BCUT2D eigenvalue weighted by molar-refractivity contribution is -0.145. The second-order valence-electron chi connectivity index (χ2n) is 8.11. The third-order valence-electron chi connectivity index (χ3n) is 5.12. The second-order valence-corrected chi connectivity index (χ2v) is 8.11. The molecule has 6 heteroatoms. The van der Waals surface area contributed by atoms with Crippen LogP contribution < -0.4 is 5.32 Å². The largest absolute Gasteiger partial charge is 0.381 e. The van der Waals surface area contributed by atoms with Gasteiger partial charge in [-0.25, -0.2) is 0 Å². The van der Waals surface area contributed by atoms with Crippen molar-refractivity contribution in [1.82, 2.24) is 15.1 Å². The van der Waals surface area contributed by atoms with Crippen molar-refractivity contribution < 1.29 is 9.53 Å². The first-order valence-corrected chi connectivity index (χ1v) is 9.78. The average molecular weight is 353 g/mol. The molecule has 144 valence electrons. The fourth-order valence-electron chi connectivity index (χ4n) is 4.13. The lowest BCUT2D eigenvalue weighted by Crippen LogP contribution is -2.66. The van der Waals surface area contributed by atoms with E-state index in [9.17, 15) is 4.79 Å². The Labute approximate surface area is 153 Å². The zero-order valence-corrected chi connectivity index (χ0v) is 16.7. The SMILES string of the molecule is CCNC(=NCCC1CCOCC1)N1CC(=O)N(C(C)C)C(C)(C)C1. The molecule has 0 bridgehead atoms. The van der Waals surface area contributed by atoms with Crippen LogP contribution in [0.2, 0.25) is 0 Å². The molecule has 2 fully saturated rings. The van der Waals surface area contributed by atoms with Crippen molar-refractivity contribution in [3.63, 3.8) is 0 Å². The number of piperazine rings is 1. The van der Waals surface area contributed by atoms with Crippen molar-refractivity contribution in [1.29, 1.82) is 0 Å². The number of hydrogen-bond acceptors (Lipinski definition) is 3. The van der Waals surface area contributed by atoms with Gasteiger partial charge in [0, 0.05) is 38.9 Å². The minimum atomic E-state index is -0.194. The number of hydrogen-bond donors (Lipinski definition) is 1. The van der Waals surface area contributed by atoms with E-state index in [2.05, 4.69) is 44.8 Å². The van der Waals surface area contributed by atoms with Gasteiger partial charge in [-0.05, 0) is 59.8 Å². The second kappa shape index (κ2) is 8.88. The van der Waals surface area contributed by atoms with Crippen molar-refractivity contribution in [3.05, 3.63) is 0 Å². The molecule has 0 aromatic heterocycles. The number of carbonyl (C=O) groups excluding carboxylic acids is 1. The summed E-state index contributed by atoms with van der Waals surface area (Å²) in [6, 6.07) is 0.220. The van der Waals surface area contributed by atoms with Crippen molar-refractivity contribution in [2.75, 3.05) is 39.4 Å². The maximum atomic E-state index is 12.7. The van der Waals surface area contributed by atoms with Crippen LogP contribution in [0.1, 0.15) is 53.9 Å². The molecule has 0 saturated carbocycles. The molecule has 0 atom stereocenters. The summed E-state index contributed by atoms with van der Waals surface area (Å²) in [7, 11) is 0. The molecular weight excluding hydrogens is 316 g/mol. The molecule has 25 heavy (non-hydrogen) atoms. The molecule has 1 N–H and O–H groups in total. The van der Waals surface area contributed by atoms with E-state index in [0.717, 1.165) is 64.0 Å². The van der Waals surface area contributed by atoms with Gasteiger partial charge in [-0.15, -0.1) is 0 Å². The minimum Gasteiger partial charge on any atom is -0.381 e. The highest BCUT2D eigenvalue weighted by Crippen LogP contribution is 2.24. The summed E-state index contributed by atoms with van der Waals surface area (Å²) in [5.74, 6) is 1.77. The Morgan fingerprint density at radius 2 is 2.04 bits per heavy atom. The third kappa shape index (κ3) is 5.33. The minimum absolute atomic E-state index is 0.182. The molecule has 0 aliphatic carbocycles. The Morgan fingerprint density at radius 3 is 2.60 bits per heavy atom. The van der Waals surface area contributed by atoms with Gasteiger partial charge in [0.05, 0.1) is 12.1 Å². The molecule has 0 aromatic rings. The maximum absolute atomic E-state index is 12.7. The van der Waals surface area contributed by atoms with Crippen molar-refractivity contribution in [3.8, 4) is 0 Å². The molecule has 0 aromatic carbocycles. The summed E-state index contributed by atoms with van der Waals surface area (Å²) in [5.41, 5.74) is -0.194. The molecule has 2 rings (SSSR count). The normalized spacial score (nSPS) is 22.6. The van der Waals surface area contributed by atoms with Gasteiger partial charge in [0.25, 0.3) is 0 Å². The molecule has 0 spiro atoms. The predicted octanol–water partition coefficient (Wildman–Crippen LogP) is 2.10. The number of ether oxygens (including phenoxy) is 1. The zero-order chi connectivity index (χ0) is 18.4. The van der Waals surface area contributed by atoms with Crippen LogP contribution in [0.4, 0.5) is 0 Å². The summed E-state index contributed by atoms with van der Waals surface area (Å²) < 4.78 is 5.43. The number of guanidine groups is 1. The number of carbonyl (C=O) groups is 1. The Kier molecular flexibility index (Phi) is 7.11. The fraction of sp³-hybridized carbons (Fsp3) is 0.895. The first-order chi connectivity index (χ1) is 11.8. The average Bonchev–Trinajstić information content (AvgIpc) is 2.53. The topological polar surface area (TPSA) is 57.2 Å². The van der Waals surface area contributed by atoms with Gasteiger partial charge in [-0.1, -0.05) is 0 Å². The standard InChI is InChI=1S/C19H36N4O2/c1-6-20-18(21-10-7-16-8-11-25-12-9-16)22-13-17(24)23(15(2)3)19(4,5)14-22/h15-16H,6-14H2,1-5H3,(H,20,21). The third-order valence-corrected chi connectivity index (χ3v) is 5.12. The molecule has 2 saturated heterocycles. The summed E-state index contributed by atoms with van der Waals surface area (Å²) in [6.45, 7) is 15.1. The Morgan fingerprint density at radius 1 is 1.36 bits per heavy atom. The van der Waals surface area contributed by atoms with Gasteiger partial charge in [0.2, 0.25) is 5.91 Å². The molecular formula is C19H36N4O2. The van der Waals surface area contributed by atoms with E-state index in [4.69, 9.17) is 9.73 Å². The molecule has 1 amide bonds. The van der Waals surface area contributed by atoms with E-state index in [1.807, 2.05) is 4.90 Å². The summed E-state index contributed by atoms with van der Waals surface area (Å²) in [4.78, 5) is 21.6. The highest BCUT2D eigenvalue weighted by molar-refractivity contribution is 5.88. The van der Waals surface area contributed by atoms with E-state index < -0.39 is 0 Å². The Hall–Kier alpha value is -1.30. The lowest BCUT2D eigenvalue weighted by atomic mass is 9.96. The highest BCUT2D eigenvalue weighted by Gasteiger charge is 2.40. The highest BCUT2D eigenvalue weighted by atomic mass is 16.5. The van der Waals surface area contributed by atoms with Gasteiger partial charge in [0.15, 0.2) is 5.96 Å². The quantitative estimate of drug-likeness (QED) is 0.608. The van der Waals surface area contributed by atoms with Crippen LogP contribution in [0.3, 0.4) is 0 Å². The monoisotopic (exact) mass is 352 g/mol. The molecule has 6 nitrogen and oxygen atoms in total. The number of nitrogens with one attached hydrogen (secondary N) is 1. The van der Waals surface area contributed by atoms with E-state index in [1.165, 1.54) is 0 Å². The van der Waals surface area contributed by atoms with E-state index in [0.29, 0.717) is 6.54 Å².